The van der Waals surface area contributed by atoms with Crippen LogP contribution in [0.4, 0.5) is 0 Å². The maximum absolute atomic E-state index is 10.4. The zero-order valence-electron chi connectivity index (χ0n) is 9.81. The molecule has 0 atom stereocenters. The average molecular weight is 236 g/mol. The second-order valence-corrected chi connectivity index (χ2v) is 4.66. The molecule has 0 bridgehead atoms. The minimum Gasteiger partial charge on any atom is -0.486 e. The van der Waals surface area contributed by atoms with Gasteiger partial charge in [0.25, 0.3) is 0 Å². The predicted octanol–water partition coefficient (Wildman–Crippen LogP) is 1.45. The topological polar surface area (TPSA) is 47.9 Å². The predicted molar refractivity (Wildman–Crippen MR) is 61.4 cm³/mol. The number of hydrogen-bond acceptors (Lipinski definition) is 4. The molecule has 1 saturated carbocycles. The standard InChI is InChI=1S/C13H16O4/c1-15-10-7-13(14,8-10)9-2-3-11-12(6-9)17-5-4-16-11/h2-3,6,10,14H,4-5,7-8H2,1H3. The molecule has 1 N–H and O–H groups in total. The Hall–Kier alpha value is -1.26. The zero-order chi connectivity index (χ0) is 11.9. The molecule has 1 heterocycles. The number of methoxy groups -OCH3 is 1. The molecule has 4 nitrogen and oxygen atoms in total. The molecule has 1 fully saturated rings. The van der Waals surface area contributed by atoms with Gasteiger partial charge in [0.1, 0.15) is 13.2 Å². The van der Waals surface area contributed by atoms with Crippen LogP contribution in [0.15, 0.2) is 18.2 Å². The molecule has 0 saturated heterocycles. The molecule has 3 rings (SSSR count). The first-order valence-corrected chi connectivity index (χ1v) is 5.86. The Bertz CT molecular complexity index is 423. The molecule has 1 aromatic rings. The SMILES string of the molecule is COC1CC(O)(c2ccc3c(c2)OCCO3)C1. The molecule has 0 unspecified atom stereocenters. The van der Waals surface area contributed by atoms with Gasteiger partial charge in [-0.15, -0.1) is 0 Å². The molecular formula is C13H16O4. The fourth-order valence-electron chi connectivity index (χ4n) is 2.43. The number of ether oxygens (including phenoxy) is 3. The van der Waals surface area contributed by atoms with E-state index in [-0.39, 0.29) is 6.10 Å². The molecule has 1 aromatic carbocycles. The van der Waals surface area contributed by atoms with E-state index in [4.69, 9.17) is 14.2 Å². The van der Waals surface area contributed by atoms with Crippen LogP contribution in [0.5, 0.6) is 11.5 Å². The molecular weight excluding hydrogens is 220 g/mol. The smallest absolute Gasteiger partial charge is 0.161 e. The molecule has 0 amide bonds. The van der Waals surface area contributed by atoms with E-state index in [2.05, 4.69) is 0 Å². The van der Waals surface area contributed by atoms with Crippen molar-refractivity contribution >= 4 is 0 Å². The van der Waals surface area contributed by atoms with E-state index in [9.17, 15) is 5.11 Å². The third-order valence-corrected chi connectivity index (χ3v) is 3.54. The highest BCUT2D eigenvalue weighted by Crippen LogP contribution is 2.45. The van der Waals surface area contributed by atoms with Crippen LogP contribution < -0.4 is 9.47 Å². The van der Waals surface area contributed by atoms with Crippen LogP contribution in [0.2, 0.25) is 0 Å². The lowest BCUT2D eigenvalue weighted by Crippen LogP contribution is -2.45. The van der Waals surface area contributed by atoms with E-state index in [1.165, 1.54) is 0 Å². The molecule has 17 heavy (non-hydrogen) atoms. The van der Waals surface area contributed by atoms with Crippen molar-refractivity contribution in [1.82, 2.24) is 0 Å². The van der Waals surface area contributed by atoms with E-state index < -0.39 is 5.60 Å². The number of hydrogen-bond donors (Lipinski definition) is 1. The maximum Gasteiger partial charge on any atom is 0.161 e. The first kappa shape index (κ1) is 10.9. The van der Waals surface area contributed by atoms with Gasteiger partial charge in [-0.1, -0.05) is 6.07 Å². The summed E-state index contributed by atoms with van der Waals surface area (Å²) in [7, 11) is 1.67. The third kappa shape index (κ3) is 1.77. The summed E-state index contributed by atoms with van der Waals surface area (Å²) < 4.78 is 16.2. The number of fused-ring (bicyclic) bond motifs is 1. The van der Waals surface area contributed by atoms with Crippen LogP contribution in [0.25, 0.3) is 0 Å². The molecule has 92 valence electrons. The van der Waals surface area contributed by atoms with Crippen LogP contribution in [0, 0.1) is 0 Å². The lowest BCUT2D eigenvalue weighted by Gasteiger charge is -2.43. The second-order valence-electron chi connectivity index (χ2n) is 4.66. The van der Waals surface area contributed by atoms with Crippen LogP contribution in [0.3, 0.4) is 0 Å². The lowest BCUT2D eigenvalue weighted by atomic mass is 9.73. The summed E-state index contributed by atoms with van der Waals surface area (Å²) >= 11 is 0. The monoisotopic (exact) mass is 236 g/mol. The highest BCUT2D eigenvalue weighted by Gasteiger charge is 2.44. The van der Waals surface area contributed by atoms with Crippen molar-refractivity contribution < 1.29 is 19.3 Å². The van der Waals surface area contributed by atoms with Gasteiger partial charge in [0.15, 0.2) is 11.5 Å². The summed E-state index contributed by atoms with van der Waals surface area (Å²) in [5.74, 6) is 1.48. The van der Waals surface area contributed by atoms with Gasteiger partial charge in [-0.3, -0.25) is 0 Å². The van der Waals surface area contributed by atoms with Crippen molar-refractivity contribution in [1.29, 1.82) is 0 Å². The highest BCUT2D eigenvalue weighted by atomic mass is 16.6. The van der Waals surface area contributed by atoms with E-state index in [0.29, 0.717) is 26.1 Å². The summed E-state index contributed by atoms with van der Waals surface area (Å²) in [5, 5.41) is 10.4. The lowest BCUT2D eigenvalue weighted by molar-refractivity contribution is -0.133. The van der Waals surface area contributed by atoms with E-state index in [1.807, 2.05) is 18.2 Å². The van der Waals surface area contributed by atoms with Crippen LogP contribution in [-0.2, 0) is 10.3 Å². The van der Waals surface area contributed by atoms with E-state index in [1.54, 1.807) is 7.11 Å². The fourth-order valence-corrected chi connectivity index (χ4v) is 2.43. The average Bonchev–Trinajstić information content (AvgIpc) is 2.34. The van der Waals surface area contributed by atoms with Crippen LogP contribution in [0.1, 0.15) is 18.4 Å². The number of aliphatic hydroxyl groups is 1. The Balaban J connectivity index is 1.84. The van der Waals surface area contributed by atoms with Crippen molar-refractivity contribution in [3.63, 3.8) is 0 Å². The van der Waals surface area contributed by atoms with Gasteiger partial charge in [0, 0.05) is 20.0 Å². The van der Waals surface area contributed by atoms with E-state index >= 15 is 0 Å². The van der Waals surface area contributed by atoms with Gasteiger partial charge in [0.2, 0.25) is 0 Å². The minimum atomic E-state index is -0.767. The third-order valence-electron chi connectivity index (χ3n) is 3.54. The summed E-state index contributed by atoms with van der Waals surface area (Å²) in [5.41, 5.74) is 0.117. The first-order chi connectivity index (χ1) is 8.21. The van der Waals surface area contributed by atoms with E-state index in [0.717, 1.165) is 17.1 Å². The van der Waals surface area contributed by atoms with Crippen molar-refractivity contribution in [3.05, 3.63) is 23.8 Å². The molecule has 1 aliphatic heterocycles. The molecule has 2 aliphatic rings. The Morgan fingerprint density at radius 3 is 2.65 bits per heavy atom. The Labute approximate surface area is 100 Å². The molecule has 0 aromatic heterocycles. The maximum atomic E-state index is 10.4. The fraction of sp³-hybridized carbons (Fsp3) is 0.538. The van der Waals surface area contributed by atoms with Crippen molar-refractivity contribution in [2.75, 3.05) is 20.3 Å². The van der Waals surface area contributed by atoms with Gasteiger partial charge in [-0.2, -0.15) is 0 Å². The molecule has 0 radical (unpaired) electrons. The summed E-state index contributed by atoms with van der Waals surface area (Å²) in [6, 6.07) is 5.64. The van der Waals surface area contributed by atoms with Crippen LogP contribution >= 0.6 is 0 Å². The Morgan fingerprint density at radius 2 is 1.94 bits per heavy atom. The van der Waals surface area contributed by atoms with Crippen LogP contribution in [-0.4, -0.2) is 31.5 Å². The second kappa shape index (κ2) is 3.89. The minimum absolute atomic E-state index is 0.160. The van der Waals surface area contributed by atoms with Gasteiger partial charge < -0.3 is 19.3 Å². The number of benzene rings is 1. The normalized spacial score (nSPS) is 30.8. The summed E-state index contributed by atoms with van der Waals surface area (Å²) in [6.07, 6.45) is 1.44. The summed E-state index contributed by atoms with van der Waals surface area (Å²) in [6.45, 7) is 1.15. The number of rotatable bonds is 2. The first-order valence-electron chi connectivity index (χ1n) is 5.86. The zero-order valence-corrected chi connectivity index (χ0v) is 9.81. The highest BCUT2D eigenvalue weighted by molar-refractivity contribution is 5.46. The summed E-state index contributed by atoms with van der Waals surface area (Å²) in [4.78, 5) is 0. The Kier molecular flexibility index (Phi) is 2.49. The Morgan fingerprint density at radius 1 is 1.24 bits per heavy atom. The van der Waals surface area contributed by atoms with Gasteiger partial charge >= 0.3 is 0 Å². The largest absolute Gasteiger partial charge is 0.486 e. The molecule has 0 spiro atoms. The van der Waals surface area contributed by atoms with Crippen molar-refractivity contribution in [3.8, 4) is 11.5 Å². The van der Waals surface area contributed by atoms with Crippen molar-refractivity contribution in [2.24, 2.45) is 0 Å². The van der Waals surface area contributed by atoms with Gasteiger partial charge in [-0.05, 0) is 17.7 Å². The molecule has 4 heteroatoms. The van der Waals surface area contributed by atoms with Gasteiger partial charge in [-0.25, -0.2) is 0 Å². The molecule has 1 aliphatic carbocycles. The van der Waals surface area contributed by atoms with Gasteiger partial charge in [0.05, 0.1) is 11.7 Å². The van der Waals surface area contributed by atoms with Crippen molar-refractivity contribution in [2.45, 2.75) is 24.5 Å². The quantitative estimate of drug-likeness (QED) is 0.844.